The third kappa shape index (κ3) is 3.92. The summed E-state index contributed by atoms with van der Waals surface area (Å²) in [7, 11) is 0. The molecule has 30 heavy (non-hydrogen) atoms. The molecular formula is C23H35N5O2+2. The van der Waals surface area contributed by atoms with Crippen LogP contribution in [0.5, 0.6) is 0 Å². The largest absolute Gasteiger partial charge is 0.332 e. The van der Waals surface area contributed by atoms with Gasteiger partial charge in [-0.15, -0.1) is 0 Å². The summed E-state index contributed by atoms with van der Waals surface area (Å²) in [5, 5.41) is 5.91. The Morgan fingerprint density at radius 2 is 1.73 bits per heavy atom. The zero-order valence-corrected chi connectivity index (χ0v) is 18.0. The first-order valence-corrected chi connectivity index (χ1v) is 11.7. The van der Waals surface area contributed by atoms with Crippen LogP contribution in [0.3, 0.4) is 0 Å². The van der Waals surface area contributed by atoms with Crippen molar-refractivity contribution in [2.45, 2.75) is 57.0 Å². The number of urea groups is 1. The van der Waals surface area contributed by atoms with Gasteiger partial charge in [0.25, 0.3) is 11.7 Å². The first-order valence-electron chi connectivity index (χ1n) is 11.7. The number of aromatic amines is 1. The molecule has 7 heteroatoms. The Bertz CT molecular complexity index is 755. The van der Waals surface area contributed by atoms with Crippen molar-refractivity contribution in [1.29, 1.82) is 0 Å². The van der Waals surface area contributed by atoms with E-state index >= 15 is 0 Å². The van der Waals surface area contributed by atoms with Gasteiger partial charge in [0, 0.05) is 11.6 Å². The monoisotopic (exact) mass is 413 g/mol. The van der Waals surface area contributed by atoms with Gasteiger partial charge in [-0.25, -0.2) is 9.78 Å². The molecule has 6 rings (SSSR count). The highest BCUT2D eigenvalue weighted by Crippen LogP contribution is 2.55. The van der Waals surface area contributed by atoms with Gasteiger partial charge in [-0.05, 0) is 69.3 Å². The van der Waals surface area contributed by atoms with Crippen molar-refractivity contribution >= 4 is 17.8 Å². The summed E-state index contributed by atoms with van der Waals surface area (Å²) in [4.78, 5) is 32.3. The zero-order valence-electron chi connectivity index (χ0n) is 18.0. The molecule has 0 unspecified atom stereocenters. The SMILES string of the molecule is C[C@H](C(=O)NC(=O)NC12CC3CC(CC(C3)C1)C2)[NH+]1CCN(c2cccc[nH+]2)CC1. The Hall–Kier alpha value is -2.15. The molecule has 1 aliphatic heterocycles. The Morgan fingerprint density at radius 3 is 2.30 bits per heavy atom. The molecule has 4 aliphatic carbocycles. The number of amides is 3. The first kappa shape index (κ1) is 19.8. The number of quaternary nitrogens is 1. The molecule has 4 N–H and O–H groups in total. The van der Waals surface area contributed by atoms with Crippen LogP contribution >= 0.6 is 0 Å². The van der Waals surface area contributed by atoms with Crippen molar-refractivity contribution in [3.8, 4) is 0 Å². The Labute approximate surface area is 178 Å². The van der Waals surface area contributed by atoms with E-state index in [9.17, 15) is 9.59 Å². The van der Waals surface area contributed by atoms with E-state index in [4.69, 9.17) is 0 Å². The lowest BCUT2D eigenvalue weighted by Crippen LogP contribution is -3.19. The number of rotatable bonds is 4. The van der Waals surface area contributed by atoms with Crippen LogP contribution in [-0.4, -0.2) is 49.7 Å². The maximum Gasteiger partial charge on any atom is 0.322 e. The van der Waals surface area contributed by atoms with Crippen LogP contribution in [0.15, 0.2) is 24.4 Å². The second-order valence-corrected chi connectivity index (χ2v) is 10.3. The number of carbonyl (C=O) groups is 2. The molecule has 1 aromatic heterocycles. The van der Waals surface area contributed by atoms with Crippen LogP contribution in [0, 0.1) is 17.8 Å². The summed E-state index contributed by atoms with van der Waals surface area (Å²) in [6, 6.07) is 5.57. The van der Waals surface area contributed by atoms with Gasteiger partial charge in [0.1, 0.15) is 26.2 Å². The number of nitrogens with one attached hydrogen (secondary N) is 4. The Morgan fingerprint density at radius 1 is 1.10 bits per heavy atom. The van der Waals surface area contributed by atoms with Crippen LogP contribution in [-0.2, 0) is 4.79 Å². The predicted octanol–water partition coefficient (Wildman–Crippen LogP) is 0.389. The fourth-order valence-electron chi connectivity index (χ4n) is 6.99. The van der Waals surface area contributed by atoms with Crippen LogP contribution in [0.25, 0.3) is 0 Å². The smallest absolute Gasteiger partial charge is 0.322 e. The van der Waals surface area contributed by atoms with Gasteiger partial charge in [0.05, 0.1) is 6.20 Å². The molecule has 0 radical (unpaired) electrons. The van der Waals surface area contributed by atoms with Crippen LogP contribution in [0.2, 0.25) is 0 Å². The summed E-state index contributed by atoms with van der Waals surface area (Å²) in [5.41, 5.74) is -0.0625. The number of anilines is 1. The van der Waals surface area contributed by atoms with E-state index in [1.54, 1.807) is 0 Å². The minimum Gasteiger partial charge on any atom is -0.332 e. The average Bonchev–Trinajstić information content (AvgIpc) is 2.72. The summed E-state index contributed by atoms with van der Waals surface area (Å²) in [5.74, 6) is 3.27. The van der Waals surface area contributed by atoms with Crippen LogP contribution in [0.4, 0.5) is 10.6 Å². The lowest BCUT2D eigenvalue weighted by Gasteiger charge is -2.56. The van der Waals surface area contributed by atoms with Crippen LogP contribution in [0.1, 0.15) is 45.4 Å². The van der Waals surface area contributed by atoms with E-state index in [-0.39, 0.29) is 23.5 Å². The van der Waals surface area contributed by atoms with Crippen molar-refractivity contribution < 1.29 is 19.5 Å². The molecular weight excluding hydrogens is 378 g/mol. The minimum atomic E-state index is -0.286. The van der Waals surface area contributed by atoms with E-state index < -0.39 is 0 Å². The number of H-pyrrole nitrogens is 1. The molecule has 3 amide bonds. The first-order chi connectivity index (χ1) is 14.5. The second kappa shape index (κ2) is 7.84. The maximum atomic E-state index is 12.8. The molecule has 1 aromatic rings. The zero-order chi connectivity index (χ0) is 20.7. The number of piperazine rings is 1. The molecule has 2 heterocycles. The number of nitrogens with zero attached hydrogens (tertiary/aromatic N) is 1. The van der Waals surface area contributed by atoms with E-state index in [2.05, 4.69) is 26.6 Å². The molecule has 0 spiro atoms. The lowest BCUT2D eigenvalue weighted by atomic mass is 9.53. The highest BCUT2D eigenvalue weighted by atomic mass is 16.2. The third-order valence-electron chi connectivity index (χ3n) is 8.10. The molecule has 4 bridgehead atoms. The van der Waals surface area contributed by atoms with Gasteiger partial charge >= 0.3 is 6.03 Å². The average molecular weight is 414 g/mol. The van der Waals surface area contributed by atoms with Gasteiger partial charge in [-0.1, -0.05) is 6.07 Å². The molecule has 5 fully saturated rings. The molecule has 4 saturated carbocycles. The maximum absolute atomic E-state index is 12.8. The number of pyridine rings is 1. The fraction of sp³-hybridized carbons (Fsp3) is 0.696. The quantitative estimate of drug-likeness (QED) is 0.668. The molecule has 5 aliphatic rings. The van der Waals surface area contributed by atoms with Gasteiger partial charge in [0.2, 0.25) is 0 Å². The predicted molar refractivity (Wildman–Crippen MR) is 113 cm³/mol. The van der Waals surface area contributed by atoms with Crippen molar-refractivity contribution in [2.75, 3.05) is 31.1 Å². The normalized spacial score (nSPS) is 33.9. The Kier molecular flexibility index (Phi) is 5.17. The molecule has 7 nitrogen and oxygen atoms in total. The van der Waals surface area contributed by atoms with Crippen molar-refractivity contribution in [3.05, 3.63) is 24.4 Å². The number of hydrogen-bond acceptors (Lipinski definition) is 3. The van der Waals surface area contributed by atoms with Gasteiger partial charge in [-0.2, -0.15) is 0 Å². The number of imide groups is 1. The fourth-order valence-corrected chi connectivity index (χ4v) is 6.99. The number of carbonyl (C=O) groups excluding carboxylic acids is 2. The summed E-state index contributed by atoms with van der Waals surface area (Å²) >= 11 is 0. The molecule has 0 aromatic carbocycles. The topological polar surface area (TPSA) is 80.0 Å². The second-order valence-electron chi connectivity index (χ2n) is 10.3. The van der Waals surface area contributed by atoms with Crippen LogP contribution < -0.4 is 25.4 Å². The highest BCUT2D eigenvalue weighted by Gasteiger charge is 2.51. The van der Waals surface area contributed by atoms with E-state index in [1.165, 1.54) is 24.2 Å². The minimum absolute atomic E-state index is 0.0625. The Balaban J connectivity index is 1.12. The summed E-state index contributed by atoms with van der Waals surface area (Å²) in [6.07, 6.45) is 9.25. The van der Waals surface area contributed by atoms with Crippen molar-refractivity contribution in [1.82, 2.24) is 10.6 Å². The number of hydrogen-bond donors (Lipinski definition) is 3. The van der Waals surface area contributed by atoms with Gasteiger partial charge in [0.15, 0.2) is 6.04 Å². The number of aromatic nitrogens is 1. The molecule has 162 valence electrons. The van der Waals surface area contributed by atoms with Crippen molar-refractivity contribution in [2.24, 2.45) is 17.8 Å². The molecule has 1 saturated heterocycles. The highest BCUT2D eigenvalue weighted by molar-refractivity contribution is 5.96. The lowest BCUT2D eigenvalue weighted by molar-refractivity contribution is -0.914. The molecule has 1 atom stereocenters. The standard InChI is InChI=1S/C23H33N5O2/c1-16(27-6-8-28(9-7-27)20-4-2-3-5-24-20)21(29)25-22(30)26-23-13-17-10-18(14-23)12-19(11-17)15-23/h2-5,16-19H,6-15H2,1H3,(H2,25,26,29,30)/p+2/t16-,17?,18?,19?,23?/m1/s1. The van der Waals surface area contributed by atoms with E-state index in [0.29, 0.717) is 0 Å². The van der Waals surface area contributed by atoms with E-state index in [1.807, 2.05) is 25.3 Å². The van der Waals surface area contributed by atoms with E-state index in [0.717, 1.165) is 69.0 Å². The van der Waals surface area contributed by atoms with Gasteiger partial charge < -0.3 is 10.2 Å². The summed E-state index contributed by atoms with van der Waals surface area (Å²) in [6.45, 7) is 5.49. The summed E-state index contributed by atoms with van der Waals surface area (Å²) < 4.78 is 0. The van der Waals surface area contributed by atoms with Gasteiger partial charge in [-0.3, -0.25) is 15.0 Å². The van der Waals surface area contributed by atoms with Crippen molar-refractivity contribution in [3.63, 3.8) is 0 Å². The third-order valence-corrected chi connectivity index (χ3v) is 8.10.